The van der Waals surface area contributed by atoms with Gasteiger partial charge >= 0.3 is 12.1 Å². The van der Waals surface area contributed by atoms with Crippen molar-refractivity contribution in [3.63, 3.8) is 0 Å². The number of carboxylic acids is 1. The number of rotatable bonds is 16. The predicted molar refractivity (Wildman–Crippen MR) is 143 cm³/mol. The summed E-state index contributed by atoms with van der Waals surface area (Å²) in [4.78, 5) is 25.7. The molecule has 0 radical (unpaired) electrons. The first-order chi connectivity index (χ1) is 16.9. The summed E-state index contributed by atoms with van der Waals surface area (Å²) in [7, 11) is 0. The third kappa shape index (κ3) is 11.4. The van der Waals surface area contributed by atoms with Gasteiger partial charge in [-0.1, -0.05) is 35.0 Å². The Balaban J connectivity index is 1.89. The van der Waals surface area contributed by atoms with Crippen LogP contribution in [0.15, 0.2) is 53.0 Å². The Labute approximate surface area is 220 Å². The molecule has 0 fully saturated rings. The number of thioether (sulfide) groups is 1. The molecule has 0 bridgehead atoms. The van der Waals surface area contributed by atoms with Crippen LogP contribution in [0.2, 0.25) is 0 Å². The molecule has 0 aromatic heterocycles. The standard InChI is InChI=1S/C26H34BrNO6S/c1-3-17-35-18-5-14-28(26(31)34-23-12-8-21(27)9-13-23)15-16-33-22-10-6-20(7-11-22)19-24(25(29)30)32-4-2/h6-13,24H,3-5,14-19H2,1-2H3,(H,29,30). The van der Waals surface area contributed by atoms with Crippen LogP contribution in [0.5, 0.6) is 11.5 Å². The Kier molecular flexibility index (Phi) is 13.6. The molecule has 2 aromatic carbocycles. The van der Waals surface area contributed by atoms with Gasteiger partial charge < -0.3 is 24.2 Å². The van der Waals surface area contributed by atoms with E-state index in [1.165, 1.54) is 0 Å². The maximum Gasteiger partial charge on any atom is 0.415 e. The fourth-order valence-corrected chi connectivity index (χ4v) is 4.28. The van der Waals surface area contributed by atoms with Crippen LogP contribution in [-0.2, 0) is 16.0 Å². The van der Waals surface area contributed by atoms with Gasteiger partial charge in [-0.25, -0.2) is 9.59 Å². The number of ether oxygens (including phenoxy) is 3. The fraction of sp³-hybridized carbons (Fsp3) is 0.462. The molecule has 0 saturated heterocycles. The molecule has 2 aromatic rings. The van der Waals surface area contributed by atoms with Crippen molar-refractivity contribution in [2.75, 3.05) is 37.8 Å². The van der Waals surface area contributed by atoms with Crippen molar-refractivity contribution < 1.29 is 28.9 Å². The number of carbonyl (C=O) groups is 2. The number of nitrogens with zero attached hydrogens (tertiary/aromatic N) is 1. The Morgan fingerprint density at radius 2 is 1.69 bits per heavy atom. The SMILES string of the molecule is CCCSCCCN(CCOc1ccc(CC(OCC)C(=O)O)cc1)C(=O)Oc1ccc(Br)cc1. The largest absolute Gasteiger partial charge is 0.492 e. The maximum absolute atomic E-state index is 12.8. The van der Waals surface area contributed by atoms with Gasteiger partial charge in [-0.15, -0.1) is 0 Å². The molecule has 0 aliphatic heterocycles. The summed E-state index contributed by atoms with van der Waals surface area (Å²) in [6.45, 7) is 5.56. The lowest BCUT2D eigenvalue weighted by Gasteiger charge is -2.22. The highest BCUT2D eigenvalue weighted by atomic mass is 79.9. The van der Waals surface area contributed by atoms with Crippen molar-refractivity contribution in [3.8, 4) is 11.5 Å². The molecule has 0 aliphatic carbocycles. The van der Waals surface area contributed by atoms with Crippen LogP contribution in [0.4, 0.5) is 4.79 Å². The summed E-state index contributed by atoms with van der Waals surface area (Å²) < 4.78 is 17.6. The van der Waals surface area contributed by atoms with E-state index in [2.05, 4.69) is 22.9 Å². The summed E-state index contributed by atoms with van der Waals surface area (Å²) >= 11 is 5.26. The Morgan fingerprint density at radius 1 is 1.00 bits per heavy atom. The molecular formula is C26H34BrNO6S. The second kappa shape index (κ2) is 16.4. The van der Waals surface area contributed by atoms with Gasteiger partial charge in [-0.05, 0) is 73.2 Å². The van der Waals surface area contributed by atoms with E-state index in [1.54, 1.807) is 36.1 Å². The average molecular weight is 569 g/mol. The molecule has 1 unspecified atom stereocenters. The number of benzene rings is 2. The smallest absolute Gasteiger partial charge is 0.415 e. The fourth-order valence-electron chi connectivity index (χ4n) is 3.19. The van der Waals surface area contributed by atoms with E-state index in [4.69, 9.17) is 14.2 Å². The minimum atomic E-state index is -0.976. The second-order valence-corrected chi connectivity index (χ2v) is 9.89. The van der Waals surface area contributed by atoms with Crippen molar-refractivity contribution >= 4 is 39.8 Å². The minimum Gasteiger partial charge on any atom is -0.492 e. The van der Waals surface area contributed by atoms with E-state index in [-0.39, 0.29) is 6.42 Å². The van der Waals surface area contributed by atoms with Gasteiger partial charge in [0.05, 0.1) is 6.54 Å². The molecule has 0 spiro atoms. The normalized spacial score (nSPS) is 11.6. The van der Waals surface area contributed by atoms with Crippen LogP contribution >= 0.6 is 27.7 Å². The quantitative estimate of drug-likeness (QED) is 0.253. The number of aliphatic carboxylic acids is 1. The van der Waals surface area contributed by atoms with Crippen molar-refractivity contribution in [2.45, 2.75) is 39.2 Å². The highest BCUT2D eigenvalue weighted by Crippen LogP contribution is 2.18. The van der Waals surface area contributed by atoms with E-state index < -0.39 is 18.2 Å². The highest BCUT2D eigenvalue weighted by Gasteiger charge is 2.18. The topological polar surface area (TPSA) is 85.3 Å². The number of hydrogen-bond acceptors (Lipinski definition) is 6. The first-order valence-corrected chi connectivity index (χ1v) is 13.7. The monoisotopic (exact) mass is 567 g/mol. The molecule has 35 heavy (non-hydrogen) atoms. The van der Waals surface area contributed by atoms with Crippen LogP contribution in [0.25, 0.3) is 0 Å². The van der Waals surface area contributed by atoms with Crippen LogP contribution in [-0.4, -0.2) is 66.0 Å². The van der Waals surface area contributed by atoms with Gasteiger partial charge in [0.25, 0.3) is 0 Å². The Bertz CT molecular complexity index is 894. The molecule has 0 heterocycles. The van der Waals surface area contributed by atoms with E-state index in [9.17, 15) is 14.7 Å². The second-order valence-electron chi connectivity index (χ2n) is 7.75. The van der Waals surface area contributed by atoms with Gasteiger partial charge in [-0.3, -0.25) is 0 Å². The van der Waals surface area contributed by atoms with E-state index in [0.717, 1.165) is 34.4 Å². The summed E-state index contributed by atoms with van der Waals surface area (Å²) in [5, 5.41) is 9.25. The average Bonchev–Trinajstić information content (AvgIpc) is 2.84. The van der Waals surface area contributed by atoms with Crippen LogP contribution < -0.4 is 9.47 Å². The molecular weight excluding hydrogens is 534 g/mol. The lowest BCUT2D eigenvalue weighted by molar-refractivity contribution is -0.149. The molecule has 7 nitrogen and oxygen atoms in total. The van der Waals surface area contributed by atoms with Gasteiger partial charge in [-0.2, -0.15) is 11.8 Å². The van der Waals surface area contributed by atoms with Crippen LogP contribution in [0, 0.1) is 0 Å². The predicted octanol–water partition coefficient (Wildman–Crippen LogP) is 5.89. The molecule has 1 amide bonds. The zero-order valence-electron chi connectivity index (χ0n) is 20.3. The minimum absolute atomic E-state index is 0.287. The number of amides is 1. The van der Waals surface area contributed by atoms with E-state index >= 15 is 0 Å². The summed E-state index contributed by atoms with van der Waals surface area (Å²) in [6, 6.07) is 14.4. The number of carboxylic acid groups (broad SMARTS) is 1. The molecule has 9 heteroatoms. The molecule has 1 N–H and O–H groups in total. The van der Waals surface area contributed by atoms with Crippen LogP contribution in [0.3, 0.4) is 0 Å². The van der Waals surface area contributed by atoms with Gasteiger partial charge in [0.1, 0.15) is 18.1 Å². The van der Waals surface area contributed by atoms with Crippen LogP contribution in [0.1, 0.15) is 32.3 Å². The number of carbonyl (C=O) groups excluding carboxylic acids is 1. The Morgan fingerprint density at radius 3 is 2.31 bits per heavy atom. The summed E-state index contributed by atoms with van der Waals surface area (Å²) in [6.07, 6.45) is 1.03. The number of hydrogen-bond donors (Lipinski definition) is 1. The van der Waals surface area contributed by atoms with Crippen molar-refractivity contribution in [1.29, 1.82) is 0 Å². The van der Waals surface area contributed by atoms with E-state index in [0.29, 0.717) is 37.8 Å². The molecule has 192 valence electrons. The molecule has 1 atom stereocenters. The lowest BCUT2D eigenvalue weighted by atomic mass is 10.1. The Hall–Kier alpha value is -2.23. The zero-order chi connectivity index (χ0) is 25.5. The van der Waals surface area contributed by atoms with Crippen molar-refractivity contribution in [3.05, 3.63) is 58.6 Å². The molecule has 0 saturated carbocycles. The highest BCUT2D eigenvalue weighted by molar-refractivity contribution is 9.10. The maximum atomic E-state index is 12.8. The zero-order valence-corrected chi connectivity index (χ0v) is 22.7. The summed E-state index contributed by atoms with van der Waals surface area (Å²) in [5.74, 6) is 2.26. The lowest BCUT2D eigenvalue weighted by Crippen LogP contribution is -2.37. The van der Waals surface area contributed by atoms with E-state index in [1.807, 2.05) is 36.0 Å². The number of halogens is 1. The molecule has 2 rings (SSSR count). The third-order valence-corrected chi connectivity index (χ3v) is 6.76. The molecule has 0 aliphatic rings. The first kappa shape index (κ1) is 29.0. The summed E-state index contributed by atoms with van der Waals surface area (Å²) in [5.41, 5.74) is 0.850. The van der Waals surface area contributed by atoms with Gasteiger partial charge in [0.15, 0.2) is 6.10 Å². The van der Waals surface area contributed by atoms with Crippen molar-refractivity contribution in [1.82, 2.24) is 4.90 Å². The van der Waals surface area contributed by atoms with Gasteiger partial charge in [0.2, 0.25) is 0 Å². The van der Waals surface area contributed by atoms with Crippen molar-refractivity contribution in [2.24, 2.45) is 0 Å². The van der Waals surface area contributed by atoms with Gasteiger partial charge in [0, 0.05) is 24.0 Å². The first-order valence-electron chi connectivity index (χ1n) is 11.8. The third-order valence-electron chi connectivity index (χ3n) is 4.96.